The van der Waals surface area contributed by atoms with Crippen molar-refractivity contribution < 1.29 is 9.47 Å². The molecule has 6 rings (SSSR count). The fraction of sp³-hybridized carbons (Fsp3) is 0.240. The summed E-state index contributed by atoms with van der Waals surface area (Å²) >= 11 is 0. The molecule has 2 aliphatic rings. The zero-order valence-electron chi connectivity index (χ0n) is 18.5. The van der Waals surface area contributed by atoms with E-state index >= 15 is 0 Å². The molecule has 34 heavy (non-hydrogen) atoms. The van der Waals surface area contributed by atoms with Gasteiger partial charge in [-0.15, -0.1) is 0 Å². The maximum atomic E-state index is 12.6. The van der Waals surface area contributed by atoms with Crippen LogP contribution in [0, 0.1) is 0 Å². The van der Waals surface area contributed by atoms with Crippen molar-refractivity contribution in [1.82, 2.24) is 15.0 Å². The van der Waals surface area contributed by atoms with E-state index in [2.05, 4.69) is 54.3 Å². The van der Waals surface area contributed by atoms with Gasteiger partial charge in [0.05, 0.1) is 5.52 Å². The Kier molecular flexibility index (Phi) is 5.14. The summed E-state index contributed by atoms with van der Waals surface area (Å²) in [7, 11) is 0. The normalized spacial score (nSPS) is 15.1. The van der Waals surface area contributed by atoms with E-state index in [0.717, 1.165) is 48.7 Å². The predicted octanol–water partition coefficient (Wildman–Crippen LogP) is 2.99. The number of aromatic nitrogens is 3. The summed E-state index contributed by atoms with van der Waals surface area (Å²) < 4.78 is 10.8. The number of rotatable bonds is 5. The van der Waals surface area contributed by atoms with E-state index in [1.54, 1.807) is 12.4 Å². The van der Waals surface area contributed by atoms with Gasteiger partial charge in [0.15, 0.2) is 11.5 Å². The fourth-order valence-electron chi connectivity index (χ4n) is 4.38. The molecule has 2 aromatic carbocycles. The molecular weight excluding hydrogens is 432 g/mol. The van der Waals surface area contributed by atoms with Crippen LogP contribution in [0.3, 0.4) is 0 Å². The van der Waals surface area contributed by atoms with Crippen molar-refractivity contribution in [2.75, 3.05) is 48.1 Å². The third-order valence-electron chi connectivity index (χ3n) is 6.24. The van der Waals surface area contributed by atoms with Crippen LogP contribution in [0.4, 0.5) is 17.3 Å². The number of hydrogen-bond donors (Lipinski definition) is 2. The minimum Gasteiger partial charge on any atom is -0.454 e. The van der Waals surface area contributed by atoms with Crippen molar-refractivity contribution in [3.05, 3.63) is 76.8 Å². The monoisotopic (exact) mass is 456 g/mol. The van der Waals surface area contributed by atoms with Crippen LogP contribution in [-0.2, 0) is 6.54 Å². The molecule has 2 N–H and O–H groups in total. The number of fused-ring (bicyclic) bond motifs is 2. The quantitative estimate of drug-likeness (QED) is 0.473. The Hall–Kier alpha value is -4.27. The summed E-state index contributed by atoms with van der Waals surface area (Å²) in [5.41, 5.74) is 3.43. The number of H-pyrrole nitrogens is 1. The number of hydrogen-bond acceptors (Lipinski definition) is 8. The fourth-order valence-corrected chi connectivity index (χ4v) is 4.38. The first-order chi connectivity index (χ1) is 16.7. The first kappa shape index (κ1) is 20.3. The molecule has 0 unspecified atom stereocenters. The molecule has 2 aromatic heterocycles. The van der Waals surface area contributed by atoms with Gasteiger partial charge in [0, 0.05) is 73.5 Å². The van der Waals surface area contributed by atoms with Crippen LogP contribution in [0.25, 0.3) is 10.9 Å². The largest absolute Gasteiger partial charge is 0.454 e. The molecule has 1 saturated heterocycles. The third kappa shape index (κ3) is 3.96. The van der Waals surface area contributed by atoms with Crippen LogP contribution >= 0.6 is 0 Å². The van der Waals surface area contributed by atoms with Gasteiger partial charge in [0.1, 0.15) is 0 Å². The van der Waals surface area contributed by atoms with Gasteiger partial charge in [-0.3, -0.25) is 4.79 Å². The zero-order valence-corrected chi connectivity index (χ0v) is 18.5. The van der Waals surface area contributed by atoms with Crippen molar-refractivity contribution in [1.29, 1.82) is 0 Å². The van der Waals surface area contributed by atoms with E-state index < -0.39 is 0 Å². The van der Waals surface area contributed by atoms with Crippen LogP contribution < -0.4 is 30.1 Å². The molecule has 0 atom stereocenters. The molecule has 4 aromatic rings. The Balaban J connectivity index is 1.09. The second-order valence-electron chi connectivity index (χ2n) is 8.34. The van der Waals surface area contributed by atoms with Crippen molar-refractivity contribution in [3.63, 3.8) is 0 Å². The number of nitrogens with one attached hydrogen (secondary N) is 2. The standard InChI is InChI=1S/C25H24N6O3/c32-24-18(12-17-13-22-23(34-16-33-22)14-21(17)29-24)15-28-19-2-4-20(5-3-19)30-8-10-31(11-9-30)25-26-6-1-7-27-25/h1-7,12-14,28H,8-11,15-16H2,(H,29,32). The molecule has 9 nitrogen and oxygen atoms in total. The first-order valence-electron chi connectivity index (χ1n) is 11.3. The van der Waals surface area contributed by atoms with Crippen molar-refractivity contribution in [2.24, 2.45) is 0 Å². The highest BCUT2D eigenvalue weighted by molar-refractivity contribution is 5.83. The zero-order chi connectivity index (χ0) is 22.9. The molecule has 0 radical (unpaired) electrons. The highest BCUT2D eigenvalue weighted by Gasteiger charge is 2.19. The van der Waals surface area contributed by atoms with Gasteiger partial charge in [0.25, 0.3) is 5.56 Å². The SMILES string of the molecule is O=c1[nH]c2cc3c(cc2cc1CNc1ccc(N2CCN(c4ncccn4)CC2)cc1)OCO3. The summed E-state index contributed by atoms with van der Waals surface area (Å²) in [6.45, 7) is 4.22. The average molecular weight is 457 g/mol. The number of piperazine rings is 1. The van der Waals surface area contributed by atoms with Gasteiger partial charge in [-0.05, 0) is 42.5 Å². The summed E-state index contributed by atoms with van der Waals surface area (Å²) in [6.07, 6.45) is 3.56. The Morgan fingerprint density at radius 3 is 2.38 bits per heavy atom. The van der Waals surface area contributed by atoms with Gasteiger partial charge in [-0.25, -0.2) is 9.97 Å². The molecule has 172 valence electrons. The van der Waals surface area contributed by atoms with E-state index in [9.17, 15) is 4.79 Å². The number of ether oxygens (including phenoxy) is 2. The lowest BCUT2D eigenvalue weighted by Crippen LogP contribution is -2.47. The Morgan fingerprint density at radius 1 is 0.912 bits per heavy atom. The lowest BCUT2D eigenvalue weighted by atomic mass is 10.1. The Morgan fingerprint density at radius 2 is 1.62 bits per heavy atom. The lowest BCUT2D eigenvalue weighted by molar-refractivity contribution is 0.174. The minimum atomic E-state index is -0.115. The number of aromatic amines is 1. The molecule has 9 heteroatoms. The maximum Gasteiger partial charge on any atom is 0.253 e. The molecule has 4 heterocycles. The van der Waals surface area contributed by atoms with E-state index in [4.69, 9.17) is 9.47 Å². The third-order valence-corrected chi connectivity index (χ3v) is 6.24. The molecule has 0 spiro atoms. The number of nitrogens with zero attached hydrogens (tertiary/aromatic N) is 4. The topological polar surface area (TPSA) is 95.6 Å². The minimum absolute atomic E-state index is 0.115. The van der Waals surface area contributed by atoms with Crippen LogP contribution in [0.5, 0.6) is 11.5 Å². The van der Waals surface area contributed by atoms with Crippen LogP contribution in [-0.4, -0.2) is 47.9 Å². The molecule has 0 saturated carbocycles. The predicted molar refractivity (Wildman–Crippen MR) is 131 cm³/mol. The van der Waals surface area contributed by atoms with Gasteiger partial charge >= 0.3 is 0 Å². The molecule has 0 bridgehead atoms. The van der Waals surface area contributed by atoms with Gasteiger partial charge in [-0.2, -0.15) is 0 Å². The van der Waals surface area contributed by atoms with Gasteiger partial charge in [0.2, 0.25) is 12.7 Å². The second kappa shape index (κ2) is 8.58. The first-order valence-corrected chi connectivity index (χ1v) is 11.3. The highest BCUT2D eigenvalue weighted by atomic mass is 16.7. The van der Waals surface area contributed by atoms with E-state index in [1.807, 2.05) is 24.3 Å². The number of benzene rings is 2. The number of anilines is 3. The maximum absolute atomic E-state index is 12.6. The summed E-state index contributed by atoms with van der Waals surface area (Å²) in [5, 5.41) is 4.27. The van der Waals surface area contributed by atoms with Gasteiger partial charge < -0.3 is 29.6 Å². The molecular formula is C25H24N6O3. The lowest BCUT2D eigenvalue weighted by Gasteiger charge is -2.36. The molecule has 2 aliphatic heterocycles. The van der Waals surface area contributed by atoms with E-state index in [1.165, 1.54) is 5.69 Å². The smallest absolute Gasteiger partial charge is 0.253 e. The van der Waals surface area contributed by atoms with E-state index in [-0.39, 0.29) is 12.4 Å². The van der Waals surface area contributed by atoms with Crippen molar-refractivity contribution in [2.45, 2.75) is 6.54 Å². The van der Waals surface area contributed by atoms with Crippen LogP contribution in [0.2, 0.25) is 0 Å². The summed E-state index contributed by atoms with van der Waals surface area (Å²) in [4.78, 5) is 28.8. The highest BCUT2D eigenvalue weighted by Crippen LogP contribution is 2.35. The van der Waals surface area contributed by atoms with Gasteiger partial charge in [-0.1, -0.05) is 0 Å². The Labute approximate surface area is 196 Å². The van der Waals surface area contributed by atoms with E-state index in [0.29, 0.717) is 23.6 Å². The molecule has 0 amide bonds. The average Bonchev–Trinajstić information content (AvgIpc) is 3.34. The van der Waals surface area contributed by atoms with Crippen LogP contribution in [0.1, 0.15) is 5.56 Å². The van der Waals surface area contributed by atoms with Crippen LogP contribution in [0.15, 0.2) is 65.7 Å². The van der Waals surface area contributed by atoms with Crippen molar-refractivity contribution >= 4 is 28.2 Å². The number of pyridine rings is 1. The van der Waals surface area contributed by atoms with Crippen molar-refractivity contribution in [3.8, 4) is 11.5 Å². The molecule has 1 fully saturated rings. The summed E-state index contributed by atoms with van der Waals surface area (Å²) in [6, 6.07) is 15.8. The molecule has 0 aliphatic carbocycles. The summed E-state index contributed by atoms with van der Waals surface area (Å²) in [5.74, 6) is 2.14. The second-order valence-corrected chi connectivity index (χ2v) is 8.34. The Bertz CT molecular complexity index is 1370.